The number of guanidine groups is 1. The van der Waals surface area contributed by atoms with Crippen LogP contribution in [0.2, 0.25) is 0 Å². The van der Waals surface area contributed by atoms with Crippen LogP contribution in [-0.4, -0.2) is 38.0 Å². The number of nitrogens with one attached hydrogen (secondary N) is 2. The van der Waals surface area contributed by atoms with Crippen LogP contribution in [0.1, 0.15) is 37.8 Å². The van der Waals surface area contributed by atoms with Crippen molar-refractivity contribution in [2.75, 3.05) is 14.2 Å². The van der Waals surface area contributed by atoms with Crippen molar-refractivity contribution in [3.63, 3.8) is 0 Å². The maximum atomic E-state index is 13.6. The van der Waals surface area contributed by atoms with E-state index in [0.29, 0.717) is 17.7 Å². The molecule has 8 nitrogen and oxygen atoms in total. The van der Waals surface area contributed by atoms with E-state index in [1.54, 1.807) is 31.4 Å². The molecule has 34 heavy (non-hydrogen) atoms. The number of benzene rings is 2. The molecular weight excluding hydrogens is 439 g/mol. The topological polar surface area (TPSA) is 115 Å². The van der Waals surface area contributed by atoms with Gasteiger partial charge in [-0.2, -0.15) is 0 Å². The van der Waals surface area contributed by atoms with Crippen LogP contribution in [-0.2, 0) is 22.6 Å². The maximum Gasteiger partial charge on any atom is 0.231 e. The molecule has 184 valence electrons. The van der Waals surface area contributed by atoms with E-state index in [4.69, 9.17) is 15.2 Å². The van der Waals surface area contributed by atoms with Crippen molar-refractivity contribution in [3.8, 4) is 11.5 Å². The van der Waals surface area contributed by atoms with Gasteiger partial charge < -0.3 is 20.5 Å². The first-order chi connectivity index (χ1) is 16.2. The number of rotatable bonds is 11. The Balaban J connectivity index is 1.94. The summed E-state index contributed by atoms with van der Waals surface area (Å²) in [6, 6.07) is 11.2. The summed E-state index contributed by atoms with van der Waals surface area (Å²) in [5, 5.41) is 5.39. The van der Waals surface area contributed by atoms with E-state index in [0.717, 1.165) is 5.56 Å². The number of nitrogens with two attached hydrogens (primary N) is 1. The Morgan fingerprint density at radius 1 is 1.06 bits per heavy atom. The number of ether oxygens (including phenoxy) is 2. The molecule has 0 aliphatic carbocycles. The third kappa shape index (κ3) is 9.09. The van der Waals surface area contributed by atoms with Gasteiger partial charge in [0, 0.05) is 13.0 Å². The Morgan fingerprint density at radius 2 is 1.82 bits per heavy atom. The highest BCUT2D eigenvalue weighted by Gasteiger charge is 2.16. The van der Waals surface area contributed by atoms with Gasteiger partial charge in [-0.05, 0) is 47.7 Å². The fourth-order valence-electron chi connectivity index (χ4n) is 3.41. The van der Waals surface area contributed by atoms with E-state index in [1.165, 1.54) is 19.2 Å². The second kappa shape index (κ2) is 13.2. The smallest absolute Gasteiger partial charge is 0.231 e. The third-order valence-electron chi connectivity index (χ3n) is 4.96. The minimum absolute atomic E-state index is 0.0328. The lowest BCUT2D eigenvalue weighted by Gasteiger charge is -2.16. The number of carbonyl (C=O) groups excluding carboxylic acids is 2. The first-order valence-electron chi connectivity index (χ1n) is 11.0. The quantitative estimate of drug-likeness (QED) is 0.344. The zero-order valence-corrected chi connectivity index (χ0v) is 20.1. The zero-order chi connectivity index (χ0) is 25.1. The van der Waals surface area contributed by atoms with Crippen molar-refractivity contribution < 1.29 is 23.5 Å². The van der Waals surface area contributed by atoms with Crippen molar-refractivity contribution in [1.29, 1.82) is 0 Å². The molecule has 0 saturated carbocycles. The monoisotopic (exact) mass is 472 g/mol. The van der Waals surface area contributed by atoms with Gasteiger partial charge in [0.15, 0.2) is 17.5 Å². The molecule has 0 unspecified atom stereocenters. The van der Waals surface area contributed by atoms with Crippen LogP contribution in [0.4, 0.5) is 4.39 Å². The molecule has 4 N–H and O–H groups in total. The summed E-state index contributed by atoms with van der Waals surface area (Å²) in [5.74, 6) is 0.00637. The molecule has 0 aromatic heterocycles. The number of nitrogens with zero attached hydrogens (tertiary/aromatic N) is 1. The van der Waals surface area contributed by atoms with Crippen molar-refractivity contribution in [2.45, 2.75) is 45.7 Å². The predicted octanol–water partition coefficient (Wildman–Crippen LogP) is 2.94. The summed E-state index contributed by atoms with van der Waals surface area (Å²) >= 11 is 0. The molecule has 0 saturated heterocycles. The normalized spacial score (nSPS) is 12.2. The Labute approximate surface area is 199 Å². The minimum atomic E-state index is -0.465. The molecule has 2 amide bonds. The average Bonchev–Trinajstić information content (AvgIpc) is 2.77. The summed E-state index contributed by atoms with van der Waals surface area (Å²) in [4.78, 5) is 29.2. The summed E-state index contributed by atoms with van der Waals surface area (Å²) in [5.41, 5.74) is 7.45. The van der Waals surface area contributed by atoms with E-state index in [2.05, 4.69) is 15.6 Å². The van der Waals surface area contributed by atoms with Gasteiger partial charge in [0.05, 0.1) is 26.7 Å². The first-order valence-corrected chi connectivity index (χ1v) is 11.0. The average molecular weight is 473 g/mol. The number of hydrogen-bond donors (Lipinski definition) is 3. The molecule has 0 fully saturated rings. The van der Waals surface area contributed by atoms with Gasteiger partial charge in [-0.15, -0.1) is 0 Å². The molecule has 0 bridgehead atoms. The van der Waals surface area contributed by atoms with Crippen LogP contribution in [0.3, 0.4) is 0 Å². The lowest BCUT2D eigenvalue weighted by atomic mass is 10.0. The number of carbonyl (C=O) groups is 2. The van der Waals surface area contributed by atoms with Crippen LogP contribution in [0.5, 0.6) is 11.5 Å². The Morgan fingerprint density at radius 3 is 2.50 bits per heavy atom. The van der Waals surface area contributed by atoms with Gasteiger partial charge in [0.25, 0.3) is 0 Å². The molecule has 0 aliphatic rings. The lowest BCUT2D eigenvalue weighted by Crippen LogP contribution is -2.39. The van der Waals surface area contributed by atoms with Crippen LogP contribution in [0, 0.1) is 11.7 Å². The minimum Gasteiger partial charge on any atom is -0.497 e. The van der Waals surface area contributed by atoms with Crippen molar-refractivity contribution >= 4 is 17.8 Å². The Kier molecular flexibility index (Phi) is 10.3. The van der Waals surface area contributed by atoms with Gasteiger partial charge in [0.2, 0.25) is 11.8 Å². The molecular formula is C25H33FN4O4. The summed E-state index contributed by atoms with van der Waals surface area (Å²) in [7, 11) is 2.94. The molecule has 0 radical (unpaired) electrons. The molecule has 2 aromatic rings. The number of methoxy groups -OCH3 is 2. The number of amides is 2. The van der Waals surface area contributed by atoms with Gasteiger partial charge >= 0.3 is 0 Å². The molecule has 2 rings (SSSR count). The van der Waals surface area contributed by atoms with Crippen molar-refractivity contribution in [1.82, 2.24) is 10.6 Å². The largest absolute Gasteiger partial charge is 0.497 e. The van der Waals surface area contributed by atoms with Crippen LogP contribution in [0.15, 0.2) is 47.5 Å². The number of hydrogen-bond acceptors (Lipinski definition) is 5. The number of halogens is 1. The van der Waals surface area contributed by atoms with E-state index in [1.807, 2.05) is 19.9 Å². The highest BCUT2D eigenvalue weighted by molar-refractivity contribution is 5.97. The van der Waals surface area contributed by atoms with Gasteiger partial charge in [0.1, 0.15) is 5.75 Å². The molecule has 0 spiro atoms. The fraction of sp³-hybridized carbons (Fsp3) is 0.400. The summed E-state index contributed by atoms with van der Waals surface area (Å²) in [6.45, 7) is 4.26. The Hall–Kier alpha value is -3.62. The van der Waals surface area contributed by atoms with Crippen LogP contribution in [0.25, 0.3) is 0 Å². The number of aliphatic imine (C=N–C) groups is 1. The summed E-state index contributed by atoms with van der Waals surface area (Å²) < 4.78 is 23.7. The van der Waals surface area contributed by atoms with Gasteiger partial charge in [-0.1, -0.05) is 32.0 Å². The van der Waals surface area contributed by atoms with Gasteiger partial charge in [-0.3, -0.25) is 14.9 Å². The highest BCUT2D eigenvalue weighted by Crippen LogP contribution is 2.18. The molecule has 9 heteroatoms. The molecule has 2 aromatic carbocycles. The fourth-order valence-corrected chi connectivity index (χ4v) is 3.41. The summed E-state index contributed by atoms with van der Waals surface area (Å²) in [6.07, 6.45) is 0.830. The van der Waals surface area contributed by atoms with Crippen molar-refractivity contribution in [2.24, 2.45) is 16.6 Å². The molecule has 0 aliphatic heterocycles. The highest BCUT2D eigenvalue weighted by atomic mass is 19.1. The van der Waals surface area contributed by atoms with Crippen molar-refractivity contribution in [3.05, 3.63) is 59.4 Å². The van der Waals surface area contributed by atoms with Crippen LogP contribution < -0.4 is 25.8 Å². The van der Waals surface area contributed by atoms with Crippen LogP contribution >= 0.6 is 0 Å². The zero-order valence-electron chi connectivity index (χ0n) is 20.1. The first kappa shape index (κ1) is 26.6. The molecule has 1 atom stereocenters. The predicted molar refractivity (Wildman–Crippen MR) is 129 cm³/mol. The standard InChI is InChI=1S/C25H33FN4O4/c1-16(2)10-19(14-23(31)28-15-18-8-9-21(26)22(12-18)34-4)29-25(27)30-24(32)13-17-6-5-7-20(11-17)33-3/h5-9,11-12,16,19H,10,13-15H2,1-4H3,(H,28,31)(H3,27,29,30,32)/t19-/m1/s1. The third-order valence-corrected chi connectivity index (χ3v) is 4.96. The van der Waals surface area contributed by atoms with Gasteiger partial charge in [-0.25, -0.2) is 9.38 Å². The second-order valence-electron chi connectivity index (χ2n) is 8.32. The SMILES string of the molecule is COc1cccc(CC(=O)NC(N)=N[C@@H](CC(=O)NCc2ccc(F)c(OC)c2)CC(C)C)c1. The van der Waals surface area contributed by atoms with E-state index in [-0.39, 0.29) is 48.8 Å². The maximum absolute atomic E-state index is 13.6. The van der Waals surface area contributed by atoms with E-state index in [9.17, 15) is 14.0 Å². The van der Waals surface area contributed by atoms with E-state index >= 15 is 0 Å². The van der Waals surface area contributed by atoms with E-state index < -0.39 is 11.9 Å². The second-order valence-corrected chi connectivity index (χ2v) is 8.32. The lowest BCUT2D eigenvalue weighted by molar-refractivity contribution is -0.121. The Bertz CT molecular complexity index is 1010. The molecule has 0 heterocycles.